The second-order valence-electron chi connectivity index (χ2n) is 7.88. The molecule has 0 aliphatic heterocycles. The first-order chi connectivity index (χ1) is 19.7. The van der Waals surface area contributed by atoms with Gasteiger partial charge in [0, 0.05) is 42.4 Å². The van der Waals surface area contributed by atoms with E-state index in [4.69, 9.17) is 52.5 Å². The number of methoxy groups -OCH3 is 9. The highest BCUT2D eigenvalue weighted by Gasteiger charge is 2.46. The monoisotopic (exact) mass is 592 g/mol. The van der Waals surface area contributed by atoms with E-state index < -0.39 is 16.9 Å². The summed E-state index contributed by atoms with van der Waals surface area (Å²) in [6.07, 6.45) is 0. The first-order valence-electron chi connectivity index (χ1n) is 12.0. The Morgan fingerprint density at radius 3 is 0.756 bits per heavy atom. The second-order valence-corrected chi connectivity index (χ2v) is 9.72. The van der Waals surface area contributed by atoms with Crippen LogP contribution in [0.2, 0.25) is 0 Å². The van der Waals surface area contributed by atoms with Gasteiger partial charge in [0.2, 0.25) is 0 Å². The zero-order chi connectivity index (χ0) is 30.7. The van der Waals surface area contributed by atoms with Gasteiger partial charge in [0.15, 0.2) is 34.5 Å². The summed E-state index contributed by atoms with van der Waals surface area (Å²) in [5.41, 5.74) is 0. The van der Waals surface area contributed by atoms with Crippen LogP contribution in [0.5, 0.6) is 51.7 Å². The van der Waals surface area contributed by atoms with Crippen LogP contribution in [0.3, 0.4) is 0 Å². The highest BCUT2D eigenvalue weighted by Crippen LogP contribution is 2.55. The van der Waals surface area contributed by atoms with Gasteiger partial charge in [-0.15, -0.1) is 0 Å². The number of carboxylic acids is 1. The van der Waals surface area contributed by atoms with Crippen molar-refractivity contribution in [3.63, 3.8) is 0 Å². The molecule has 0 bridgehead atoms. The van der Waals surface area contributed by atoms with Gasteiger partial charge in [0.1, 0.15) is 28.1 Å². The standard InChI is InChI=1S/C27H33O9S.C2H4O2/c1-28-16-10-19(31-4)25(20(11-16)32-5)37(26-21(33-6)12-17(29-2)13-22(26)34-7)27-23(35-8)14-18(30-3)15-24(27)36-9;1-2(3)4/h10-15H,1-9H3;1H3,(H,3,4)/q+1;/p-1. The number of carbonyl (C=O) groups is 1. The molecule has 11 nitrogen and oxygen atoms in total. The van der Waals surface area contributed by atoms with Crippen molar-refractivity contribution in [2.75, 3.05) is 64.0 Å². The number of ether oxygens (including phenoxy) is 9. The third-order valence-electron chi connectivity index (χ3n) is 5.62. The molecule has 3 aromatic rings. The smallest absolute Gasteiger partial charge is 0.250 e. The maximum absolute atomic E-state index is 8.89. The van der Waals surface area contributed by atoms with E-state index >= 15 is 0 Å². The molecule has 0 radical (unpaired) electrons. The predicted octanol–water partition coefficient (Wildman–Crippen LogP) is 3.62. The summed E-state index contributed by atoms with van der Waals surface area (Å²) in [7, 11) is 13.2. The zero-order valence-electron chi connectivity index (χ0n) is 24.9. The van der Waals surface area contributed by atoms with Crippen molar-refractivity contribution < 1.29 is 52.5 Å². The normalized spacial score (nSPS) is 10.1. The van der Waals surface area contributed by atoms with Gasteiger partial charge in [-0.05, 0) is 6.92 Å². The van der Waals surface area contributed by atoms with E-state index in [-0.39, 0.29) is 0 Å². The molecule has 0 amide bonds. The van der Waals surface area contributed by atoms with Crippen LogP contribution in [0.1, 0.15) is 6.92 Å². The lowest BCUT2D eigenvalue weighted by molar-refractivity contribution is -0.302. The lowest BCUT2D eigenvalue weighted by Gasteiger charge is -2.21. The number of benzene rings is 3. The van der Waals surface area contributed by atoms with Crippen LogP contribution in [0.4, 0.5) is 0 Å². The summed E-state index contributed by atoms with van der Waals surface area (Å²) in [5, 5.41) is 8.89. The molecule has 12 heteroatoms. The SMILES string of the molecule is CC(=O)[O-].COc1cc(OC)c([S+](c2c(OC)cc(OC)cc2OC)c2c(OC)cc(OC)cc2OC)c(OC)c1. The van der Waals surface area contributed by atoms with Gasteiger partial charge in [-0.25, -0.2) is 0 Å². The highest BCUT2D eigenvalue weighted by molar-refractivity contribution is 7.97. The van der Waals surface area contributed by atoms with Gasteiger partial charge < -0.3 is 52.5 Å². The quantitative estimate of drug-likeness (QED) is 0.287. The van der Waals surface area contributed by atoms with Crippen LogP contribution in [-0.4, -0.2) is 70.0 Å². The molecule has 3 aromatic carbocycles. The molecule has 0 unspecified atom stereocenters. The molecular weight excluding hydrogens is 556 g/mol. The van der Waals surface area contributed by atoms with Gasteiger partial charge >= 0.3 is 0 Å². The van der Waals surface area contributed by atoms with Gasteiger partial charge in [-0.2, -0.15) is 0 Å². The minimum absolute atomic E-state index is 0.527. The molecule has 0 aliphatic carbocycles. The molecule has 0 saturated heterocycles. The molecule has 0 atom stereocenters. The van der Waals surface area contributed by atoms with Crippen LogP contribution in [0, 0.1) is 0 Å². The molecule has 0 N–H and O–H groups in total. The Bertz CT molecular complexity index is 1100. The summed E-state index contributed by atoms with van der Waals surface area (Å²) in [6, 6.07) is 10.8. The summed E-state index contributed by atoms with van der Waals surface area (Å²) in [5.74, 6) is 3.80. The molecule has 0 heterocycles. The Labute approximate surface area is 243 Å². The topological polar surface area (TPSA) is 123 Å². The van der Waals surface area contributed by atoms with Gasteiger partial charge in [0.05, 0.1) is 64.0 Å². The number of carbonyl (C=O) groups excluding carboxylic acids is 1. The predicted molar refractivity (Wildman–Crippen MR) is 151 cm³/mol. The van der Waals surface area contributed by atoms with E-state index in [1.807, 2.05) is 0 Å². The molecule has 0 aliphatic rings. The second kappa shape index (κ2) is 15.5. The Kier molecular flexibility index (Phi) is 12.4. The van der Waals surface area contributed by atoms with Crippen molar-refractivity contribution in [2.24, 2.45) is 0 Å². The first kappa shape index (κ1) is 32.9. The molecule has 0 saturated carbocycles. The summed E-state index contributed by atoms with van der Waals surface area (Å²) in [6.45, 7) is 0.972. The summed E-state index contributed by atoms with van der Waals surface area (Å²) >= 11 is 0. The maximum atomic E-state index is 8.89. The third-order valence-corrected chi connectivity index (χ3v) is 8.05. The van der Waals surface area contributed by atoms with E-state index in [0.717, 1.165) is 6.92 Å². The molecule has 0 aromatic heterocycles. The van der Waals surface area contributed by atoms with Crippen molar-refractivity contribution in [1.29, 1.82) is 0 Å². The van der Waals surface area contributed by atoms with Crippen LogP contribution >= 0.6 is 0 Å². The Morgan fingerprint density at radius 1 is 0.463 bits per heavy atom. The zero-order valence-corrected chi connectivity index (χ0v) is 25.7. The highest BCUT2D eigenvalue weighted by atomic mass is 32.2. The maximum Gasteiger partial charge on any atom is 0.250 e. The van der Waals surface area contributed by atoms with Gasteiger partial charge in [-0.3, -0.25) is 0 Å². The van der Waals surface area contributed by atoms with Crippen molar-refractivity contribution in [2.45, 2.75) is 21.6 Å². The Morgan fingerprint density at radius 2 is 0.634 bits per heavy atom. The number of hydrogen-bond donors (Lipinski definition) is 0. The Hall–Kier alpha value is -4.32. The van der Waals surface area contributed by atoms with E-state index in [2.05, 4.69) is 0 Å². The summed E-state index contributed by atoms with van der Waals surface area (Å²) in [4.78, 5) is 11.0. The molecule has 41 heavy (non-hydrogen) atoms. The minimum Gasteiger partial charge on any atom is -0.550 e. The van der Waals surface area contributed by atoms with Gasteiger partial charge in [0.25, 0.3) is 14.7 Å². The fourth-order valence-corrected chi connectivity index (χ4v) is 6.50. The molecule has 0 spiro atoms. The van der Waals surface area contributed by atoms with Crippen molar-refractivity contribution in [1.82, 2.24) is 0 Å². The molecule has 224 valence electrons. The average molecular weight is 593 g/mol. The van der Waals surface area contributed by atoms with Gasteiger partial charge in [-0.1, -0.05) is 0 Å². The fraction of sp³-hybridized carbons (Fsp3) is 0.345. The van der Waals surface area contributed by atoms with Crippen LogP contribution < -0.4 is 47.7 Å². The largest absolute Gasteiger partial charge is 0.550 e. The van der Waals surface area contributed by atoms with Crippen LogP contribution in [0.25, 0.3) is 0 Å². The number of carboxylic acid groups (broad SMARTS) is 1. The number of hydrogen-bond acceptors (Lipinski definition) is 11. The third kappa shape index (κ3) is 7.46. The number of aliphatic carboxylic acids is 1. The molecular formula is C29H36O11S. The van der Waals surface area contributed by atoms with E-state index in [9.17, 15) is 0 Å². The minimum atomic E-state index is -1.08. The van der Waals surface area contributed by atoms with Crippen molar-refractivity contribution in [3.05, 3.63) is 36.4 Å². The average Bonchev–Trinajstić information content (AvgIpc) is 2.99. The van der Waals surface area contributed by atoms with Crippen LogP contribution in [-0.2, 0) is 15.7 Å². The molecule has 0 fully saturated rings. The first-order valence-corrected chi connectivity index (χ1v) is 13.2. The van der Waals surface area contributed by atoms with Crippen molar-refractivity contribution in [3.8, 4) is 51.7 Å². The van der Waals surface area contributed by atoms with E-state index in [0.29, 0.717) is 66.4 Å². The Balaban J connectivity index is 0.00000138. The lowest BCUT2D eigenvalue weighted by Crippen LogP contribution is -2.16. The van der Waals surface area contributed by atoms with E-state index in [1.54, 1.807) is 100 Å². The lowest BCUT2D eigenvalue weighted by atomic mass is 10.3. The van der Waals surface area contributed by atoms with Crippen molar-refractivity contribution >= 4 is 16.9 Å². The number of rotatable bonds is 12. The van der Waals surface area contributed by atoms with E-state index in [1.165, 1.54) is 0 Å². The summed E-state index contributed by atoms with van der Waals surface area (Å²) < 4.78 is 51.7. The molecule has 3 rings (SSSR count). The fourth-order valence-electron chi connectivity index (χ4n) is 3.83. The van der Waals surface area contributed by atoms with Crippen LogP contribution in [0.15, 0.2) is 51.1 Å².